The Balaban J connectivity index is 1.55. The monoisotopic (exact) mass is 370 g/mol. The third kappa shape index (κ3) is 4.84. The van der Waals surface area contributed by atoms with Crippen LogP contribution in [0.2, 0.25) is 0 Å². The highest BCUT2D eigenvalue weighted by Gasteiger charge is 2.28. The molecule has 142 valence electrons. The molecule has 1 N–H and O–H groups in total. The highest BCUT2D eigenvalue weighted by atomic mass is 19.1. The minimum absolute atomic E-state index is 0.0533. The van der Waals surface area contributed by atoms with Gasteiger partial charge >= 0.3 is 0 Å². The molecular weight excluding hydrogens is 347 g/mol. The molecule has 0 aliphatic carbocycles. The smallest absolute Gasteiger partial charge is 0.253 e. The van der Waals surface area contributed by atoms with Gasteiger partial charge in [-0.05, 0) is 54.8 Å². The van der Waals surface area contributed by atoms with Gasteiger partial charge in [0.1, 0.15) is 11.6 Å². The van der Waals surface area contributed by atoms with E-state index < -0.39 is 0 Å². The Morgan fingerprint density at radius 1 is 1.15 bits per heavy atom. The molecule has 1 atom stereocenters. The molecule has 0 radical (unpaired) electrons. The van der Waals surface area contributed by atoms with Gasteiger partial charge in [0.05, 0.1) is 13.0 Å². The summed E-state index contributed by atoms with van der Waals surface area (Å²) in [6, 6.07) is 13.0. The molecule has 2 amide bonds. The number of hydrogen-bond acceptors (Lipinski definition) is 3. The van der Waals surface area contributed by atoms with Crippen LogP contribution >= 0.6 is 0 Å². The van der Waals surface area contributed by atoms with Crippen molar-refractivity contribution >= 4 is 11.8 Å². The predicted molar refractivity (Wildman–Crippen MR) is 99.9 cm³/mol. The first kappa shape index (κ1) is 18.9. The number of halogens is 1. The number of nitrogens with one attached hydrogen (secondary N) is 1. The van der Waals surface area contributed by atoms with Crippen molar-refractivity contribution in [1.29, 1.82) is 0 Å². The van der Waals surface area contributed by atoms with E-state index >= 15 is 0 Å². The van der Waals surface area contributed by atoms with Crippen molar-refractivity contribution in [2.75, 3.05) is 20.2 Å². The van der Waals surface area contributed by atoms with Crippen LogP contribution < -0.4 is 10.1 Å². The molecule has 0 bridgehead atoms. The van der Waals surface area contributed by atoms with E-state index in [-0.39, 0.29) is 23.5 Å². The van der Waals surface area contributed by atoms with Crippen molar-refractivity contribution in [3.8, 4) is 5.75 Å². The Kier molecular flexibility index (Phi) is 6.06. The fourth-order valence-corrected chi connectivity index (χ4v) is 3.23. The van der Waals surface area contributed by atoms with E-state index in [1.807, 2.05) is 24.3 Å². The summed E-state index contributed by atoms with van der Waals surface area (Å²) < 4.78 is 18.2. The number of rotatable bonds is 5. The van der Waals surface area contributed by atoms with Gasteiger partial charge in [-0.3, -0.25) is 9.59 Å². The fourth-order valence-electron chi connectivity index (χ4n) is 3.23. The standard InChI is InChI=1S/C21H23FN2O3/c1-27-19-10-4-15(5-11-19)13-23-20(25)17-3-2-12-24(14-17)21(26)16-6-8-18(22)9-7-16/h4-11,17H,2-3,12-14H2,1H3,(H,23,25)/t17-/m1/s1. The second-order valence-corrected chi connectivity index (χ2v) is 6.66. The topological polar surface area (TPSA) is 58.6 Å². The number of benzene rings is 2. The molecule has 1 aliphatic heterocycles. The van der Waals surface area contributed by atoms with E-state index in [0.29, 0.717) is 25.2 Å². The van der Waals surface area contributed by atoms with Gasteiger partial charge < -0.3 is 15.0 Å². The Morgan fingerprint density at radius 3 is 2.52 bits per heavy atom. The van der Waals surface area contributed by atoms with Gasteiger partial charge in [-0.1, -0.05) is 12.1 Å². The minimum atomic E-state index is -0.374. The van der Waals surface area contributed by atoms with E-state index in [4.69, 9.17) is 4.74 Å². The normalized spacial score (nSPS) is 16.7. The van der Waals surface area contributed by atoms with Gasteiger partial charge in [0, 0.05) is 25.2 Å². The van der Waals surface area contributed by atoms with Crippen molar-refractivity contribution in [2.24, 2.45) is 5.92 Å². The molecule has 0 saturated carbocycles. The zero-order valence-electron chi connectivity index (χ0n) is 15.3. The van der Waals surface area contributed by atoms with Gasteiger partial charge in [-0.15, -0.1) is 0 Å². The summed E-state index contributed by atoms with van der Waals surface area (Å²) in [6.07, 6.45) is 1.52. The van der Waals surface area contributed by atoms with Crippen LogP contribution in [0.4, 0.5) is 4.39 Å². The molecule has 3 rings (SSSR count). The molecule has 0 aromatic heterocycles. The molecule has 5 nitrogen and oxygen atoms in total. The lowest BCUT2D eigenvalue weighted by molar-refractivity contribution is -0.126. The summed E-state index contributed by atoms with van der Waals surface area (Å²) in [4.78, 5) is 26.8. The SMILES string of the molecule is COc1ccc(CNC(=O)[C@@H]2CCCN(C(=O)c3ccc(F)cc3)C2)cc1. The number of carbonyl (C=O) groups excluding carboxylic acids is 2. The Morgan fingerprint density at radius 2 is 1.85 bits per heavy atom. The minimum Gasteiger partial charge on any atom is -0.497 e. The first-order chi connectivity index (χ1) is 13.1. The van der Waals surface area contributed by atoms with Gasteiger partial charge in [0.2, 0.25) is 5.91 Å². The van der Waals surface area contributed by atoms with Crippen LogP contribution in [-0.4, -0.2) is 36.9 Å². The molecule has 6 heteroatoms. The first-order valence-electron chi connectivity index (χ1n) is 9.02. The largest absolute Gasteiger partial charge is 0.497 e. The van der Waals surface area contributed by atoms with E-state index in [2.05, 4.69) is 5.32 Å². The maximum atomic E-state index is 13.0. The summed E-state index contributed by atoms with van der Waals surface area (Å²) in [5.74, 6) is -0.0558. The van der Waals surface area contributed by atoms with Crippen molar-refractivity contribution in [3.63, 3.8) is 0 Å². The number of ether oxygens (including phenoxy) is 1. The maximum Gasteiger partial charge on any atom is 0.253 e. The molecule has 0 unspecified atom stereocenters. The number of amides is 2. The Bertz CT molecular complexity index is 790. The van der Waals surface area contributed by atoms with Gasteiger partial charge in [-0.2, -0.15) is 0 Å². The van der Waals surface area contributed by atoms with Crippen LogP contribution in [-0.2, 0) is 11.3 Å². The van der Waals surface area contributed by atoms with Gasteiger partial charge in [0.15, 0.2) is 0 Å². The van der Waals surface area contributed by atoms with Crippen LogP contribution in [0.1, 0.15) is 28.8 Å². The van der Waals surface area contributed by atoms with Crippen molar-refractivity contribution in [1.82, 2.24) is 10.2 Å². The fraction of sp³-hybridized carbons (Fsp3) is 0.333. The summed E-state index contributed by atoms with van der Waals surface area (Å²) in [6.45, 7) is 1.42. The van der Waals surface area contributed by atoms with Crippen LogP contribution in [0, 0.1) is 11.7 Å². The lowest BCUT2D eigenvalue weighted by Crippen LogP contribution is -2.45. The molecule has 27 heavy (non-hydrogen) atoms. The lowest BCUT2D eigenvalue weighted by atomic mass is 9.96. The van der Waals surface area contributed by atoms with Crippen LogP contribution in [0.3, 0.4) is 0 Å². The second kappa shape index (κ2) is 8.66. The number of carbonyl (C=O) groups is 2. The summed E-state index contributed by atoms with van der Waals surface area (Å²) >= 11 is 0. The molecule has 1 heterocycles. The van der Waals surface area contributed by atoms with E-state index in [1.54, 1.807) is 12.0 Å². The Labute approximate surface area is 158 Å². The highest BCUT2D eigenvalue weighted by Crippen LogP contribution is 2.19. The van der Waals surface area contributed by atoms with Gasteiger partial charge in [-0.25, -0.2) is 4.39 Å². The summed E-state index contributed by atoms with van der Waals surface area (Å²) in [7, 11) is 1.61. The van der Waals surface area contributed by atoms with Crippen LogP contribution in [0.5, 0.6) is 5.75 Å². The van der Waals surface area contributed by atoms with Gasteiger partial charge in [0.25, 0.3) is 5.91 Å². The number of likely N-dealkylation sites (tertiary alicyclic amines) is 1. The molecule has 2 aromatic carbocycles. The molecular formula is C21H23FN2O3. The zero-order valence-corrected chi connectivity index (χ0v) is 15.3. The van der Waals surface area contributed by atoms with Crippen molar-refractivity contribution < 1.29 is 18.7 Å². The molecule has 1 aliphatic rings. The third-order valence-electron chi connectivity index (χ3n) is 4.80. The average Bonchev–Trinajstić information content (AvgIpc) is 2.72. The van der Waals surface area contributed by atoms with E-state index in [9.17, 15) is 14.0 Å². The molecule has 0 spiro atoms. The zero-order chi connectivity index (χ0) is 19.2. The average molecular weight is 370 g/mol. The van der Waals surface area contributed by atoms with E-state index in [0.717, 1.165) is 24.2 Å². The molecule has 1 saturated heterocycles. The van der Waals surface area contributed by atoms with E-state index in [1.165, 1.54) is 24.3 Å². The number of nitrogens with zero attached hydrogens (tertiary/aromatic N) is 1. The Hall–Kier alpha value is -2.89. The summed E-state index contributed by atoms with van der Waals surface area (Å²) in [5.41, 5.74) is 1.43. The number of methoxy groups -OCH3 is 1. The summed E-state index contributed by atoms with van der Waals surface area (Å²) in [5, 5.41) is 2.95. The lowest BCUT2D eigenvalue weighted by Gasteiger charge is -2.32. The molecule has 1 fully saturated rings. The second-order valence-electron chi connectivity index (χ2n) is 6.66. The number of piperidine rings is 1. The third-order valence-corrected chi connectivity index (χ3v) is 4.80. The predicted octanol–water partition coefficient (Wildman–Crippen LogP) is 3.00. The van der Waals surface area contributed by atoms with Crippen molar-refractivity contribution in [3.05, 3.63) is 65.5 Å². The molecule has 2 aromatic rings. The highest BCUT2D eigenvalue weighted by molar-refractivity contribution is 5.94. The number of hydrogen-bond donors (Lipinski definition) is 1. The van der Waals surface area contributed by atoms with Crippen LogP contribution in [0.25, 0.3) is 0 Å². The quantitative estimate of drug-likeness (QED) is 0.880. The first-order valence-corrected chi connectivity index (χ1v) is 9.02. The van der Waals surface area contributed by atoms with Crippen LogP contribution in [0.15, 0.2) is 48.5 Å². The van der Waals surface area contributed by atoms with Crippen molar-refractivity contribution in [2.45, 2.75) is 19.4 Å². The maximum absolute atomic E-state index is 13.0.